The van der Waals surface area contributed by atoms with E-state index in [0.29, 0.717) is 0 Å². The average Bonchev–Trinajstić information content (AvgIpc) is 2.47. The summed E-state index contributed by atoms with van der Waals surface area (Å²) in [5, 5.41) is 6.87. The van der Waals surface area contributed by atoms with Crippen molar-refractivity contribution in [3.8, 4) is 0 Å². The Bertz CT molecular complexity index is 601. The highest BCUT2D eigenvalue weighted by Gasteiger charge is 2.02. The summed E-state index contributed by atoms with van der Waals surface area (Å²) in [5.41, 5.74) is 0.792. The van der Waals surface area contributed by atoms with Gasteiger partial charge in [-0.15, -0.1) is 0 Å². The Morgan fingerprint density at radius 2 is 2.00 bits per heavy atom. The summed E-state index contributed by atoms with van der Waals surface area (Å²) in [5.74, 6) is 0.766. The Balaban J connectivity index is 2.02. The van der Waals surface area contributed by atoms with Crippen molar-refractivity contribution in [2.75, 3.05) is 17.2 Å². The molecule has 0 saturated carbocycles. The summed E-state index contributed by atoms with van der Waals surface area (Å²) in [6, 6.07) is 9.60. The van der Waals surface area contributed by atoms with Gasteiger partial charge in [0.25, 0.3) is 0 Å². The zero-order chi connectivity index (χ0) is 15.1. The molecule has 2 rings (SSSR count). The summed E-state index contributed by atoms with van der Waals surface area (Å²) in [7, 11) is 0. The van der Waals surface area contributed by atoms with E-state index in [1.54, 1.807) is 18.1 Å². The Labute approximate surface area is 128 Å². The number of rotatable bonds is 6. The molecule has 1 aromatic carbocycles. The van der Waals surface area contributed by atoms with E-state index in [0.717, 1.165) is 34.4 Å². The van der Waals surface area contributed by atoms with E-state index in [9.17, 15) is 4.79 Å². The van der Waals surface area contributed by atoms with Gasteiger partial charge in [-0.3, -0.25) is 4.79 Å². The topological polar surface area (TPSA) is 66.9 Å². The van der Waals surface area contributed by atoms with Gasteiger partial charge in [0.1, 0.15) is 17.2 Å². The van der Waals surface area contributed by atoms with Crippen LogP contribution in [0.1, 0.15) is 20.3 Å². The summed E-state index contributed by atoms with van der Waals surface area (Å²) >= 11 is 1.56. The number of hydrogen-bond acceptors (Lipinski definition) is 5. The number of carbonyl (C=O) groups excluding carboxylic acids is 1. The highest BCUT2D eigenvalue weighted by molar-refractivity contribution is 7.99. The minimum atomic E-state index is -0.0714. The van der Waals surface area contributed by atoms with Gasteiger partial charge in [-0.2, -0.15) is 0 Å². The SMILES string of the molecule is CCCNc1cc(Sc2ccc(NC(C)=O)cc2)ncn1. The van der Waals surface area contributed by atoms with Crippen molar-refractivity contribution < 1.29 is 4.79 Å². The number of hydrogen-bond donors (Lipinski definition) is 2. The van der Waals surface area contributed by atoms with Gasteiger partial charge in [-0.25, -0.2) is 9.97 Å². The fourth-order valence-corrected chi connectivity index (χ4v) is 2.46. The standard InChI is InChI=1S/C15H18N4OS/c1-3-8-16-14-9-15(18-10-17-14)21-13-6-4-12(5-7-13)19-11(2)20/h4-7,9-10H,3,8H2,1-2H3,(H,19,20)(H,16,17,18). The van der Waals surface area contributed by atoms with Gasteiger partial charge in [0.2, 0.25) is 5.91 Å². The molecule has 0 fully saturated rings. The molecule has 0 aliphatic carbocycles. The maximum absolute atomic E-state index is 11.0. The van der Waals surface area contributed by atoms with Gasteiger partial charge in [0.15, 0.2) is 0 Å². The van der Waals surface area contributed by atoms with E-state index in [-0.39, 0.29) is 5.91 Å². The molecule has 6 heteroatoms. The molecule has 0 bridgehead atoms. The van der Waals surface area contributed by atoms with E-state index in [1.165, 1.54) is 6.92 Å². The van der Waals surface area contributed by atoms with Crippen LogP contribution in [0, 0.1) is 0 Å². The fraction of sp³-hybridized carbons (Fsp3) is 0.267. The maximum Gasteiger partial charge on any atom is 0.221 e. The maximum atomic E-state index is 11.0. The van der Waals surface area contributed by atoms with Crippen molar-refractivity contribution in [1.29, 1.82) is 0 Å². The highest BCUT2D eigenvalue weighted by Crippen LogP contribution is 2.27. The molecule has 110 valence electrons. The summed E-state index contributed by atoms with van der Waals surface area (Å²) in [6.07, 6.45) is 2.61. The second-order valence-corrected chi connectivity index (χ2v) is 5.57. The third-order valence-electron chi connectivity index (χ3n) is 2.60. The monoisotopic (exact) mass is 302 g/mol. The highest BCUT2D eigenvalue weighted by atomic mass is 32.2. The Hall–Kier alpha value is -2.08. The molecule has 2 aromatic rings. The van der Waals surface area contributed by atoms with Crippen LogP contribution in [0.5, 0.6) is 0 Å². The summed E-state index contributed by atoms with van der Waals surface area (Å²) in [6.45, 7) is 4.50. The lowest BCUT2D eigenvalue weighted by Crippen LogP contribution is -2.05. The van der Waals surface area contributed by atoms with Crippen LogP contribution in [0.2, 0.25) is 0 Å². The number of aromatic nitrogens is 2. The van der Waals surface area contributed by atoms with Gasteiger partial charge in [-0.05, 0) is 30.7 Å². The third kappa shape index (κ3) is 5.07. The van der Waals surface area contributed by atoms with Crippen LogP contribution in [-0.2, 0) is 4.79 Å². The molecule has 1 aromatic heterocycles. The summed E-state index contributed by atoms with van der Waals surface area (Å²) in [4.78, 5) is 20.5. The molecule has 0 atom stereocenters. The molecular formula is C15H18N4OS. The molecule has 1 heterocycles. The van der Waals surface area contributed by atoms with E-state index in [1.807, 2.05) is 30.3 Å². The van der Waals surface area contributed by atoms with Gasteiger partial charge in [0.05, 0.1) is 0 Å². The van der Waals surface area contributed by atoms with Gasteiger partial charge in [-0.1, -0.05) is 18.7 Å². The number of amides is 1. The molecular weight excluding hydrogens is 284 g/mol. The lowest BCUT2D eigenvalue weighted by atomic mass is 10.3. The first-order valence-corrected chi connectivity index (χ1v) is 7.60. The number of nitrogens with one attached hydrogen (secondary N) is 2. The van der Waals surface area contributed by atoms with Gasteiger partial charge < -0.3 is 10.6 Å². The zero-order valence-corrected chi connectivity index (χ0v) is 12.9. The average molecular weight is 302 g/mol. The van der Waals surface area contributed by atoms with Crippen molar-refractivity contribution in [1.82, 2.24) is 9.97 Å². The van der Waals surface area contributed by atoms with E-state index >= 15 is 0 Å². The first-order chi connectivity index (χ1) is 10.2. The lowest BCUT2D eigenvalue weighted by molar-refractivity contribution is -0.114. The summed E-state index contributed by atoms with van der Waals surface area (Å²) < 4.78 is 0. The first-order valence-electron chi connectivity index (χ1n) is 6.79. The third-order valence-corrected chi connectivity index (χ3v) is 3.54. The molecule has 1 amide bonds. The minimum absolute atomic E-state index is 0.0714. The molecule has 0 unspecified atom stereocenters. The number of nitrogens with zero attached hydrogens (tertiary/aromatic N) is 2. The molecule has 5 nitrogen and oxygen atoms in total. The largest absolute Gasteiger partial charge is 0.370 e. The first kappa shape index (κ1) is 15.3. The Morgan fingerprint density at radius 1 is 1.24 bits per heavy atom. The van der Waals surface area contributed by atoms with Gasteiger partial charge in [0, 0.05) is 30.1 Å². The van der Waals surface area contributed by atoms with E-state index < -0.39 is 0 Å². The predicted octanol–water partition coefficient (Wildman–Crippen LogP) is 3.41. The number of benzene rings is 1. The molecule has 21 heavy (non-hydrogen) atoms. The molecule has 0 radical (unpaired) electrons. The van der Waals surface area contributed by atoms with E-state index in [2.05, 4.69) is 27.5 Å². The molecule has 2 N–H and O–H groups in total. The Morgan fingerprint density at radius 3 is 2.67 bits per heavy atom. The second-order valence-electron chi connectivity index (χ2n) is 4.48. The molecule has 0 aliphatic heterocycles. The quantitative estimate of drug-likeness (QED) is 0.800. The number of anilines is 2. The zero-order valence-electron chi connectivity index (χ0n) is 12.1. The lowest BCUT2D eigenvalue weighted by Gasteiger charge is -2.06. The van der Waals surface area contributed by atoms with Crippen LogP contribution in [0.4, 0.5) is 11.5 Å². The predicted molar refractivity (Wildman–Crippen MR) is 85.7 cm³/mol. The van der Waals surface area contributed by atoms with Crippen molar-refractivity contribution in [2.45, 2.75) is 30.2 Å². The van der Waals surface area contributed by atoms with Crippen LogP contribution >= 0.6 is 11.8 Å². The van der Waals surface area contributed by atoms with Crippen LogP contribution in [0.25, 0.3) is 0 Å². The minimum Gasteiger partial charge on any atom is -0.370 e. The molecule has 0 aliphatic rings. The van der Waals surface area contributed by atoms with Gasteiger partial charge >= 0.3 is 0 Å². The van der Waals surface area contributed by atoms with Crippen molar-refractivity contribution in [3.05, 3.63) is 36.7 Å². The second kappa shape index (κ2) is 7.64. The van der Waals surface area contributed by atoms with Crippen LogP contribution in [-0.4, -0.2) is 22.4 Å². The smallest absolute Gasteiger partial charge is 0.221 e. The van der Waals surface area contributed by atoms with Crippen LogP contribution in [0.3, 0.4) is 0 Å². The normalized spacial score (nSPS) is 10.2. The molecule has 0 spiro atoms. The Kier molecular flexibility index (Phi) is 5.57. The van der Waals surface area contributed by atoms with Crippen LogP contribution in [0.15, 0.2) is 46.6 Å². The van der Waals surface area contributed by atoms with Crippen molar-refractivity contribution in [2.24, 2.45) is 0 Å². The van der Waals surface area contributed by atoms with E-state index in [4.69, 9.17) is 0 Å². The van der Waals surface area contributed by atoms with Crippen LogP contribution < -0.4 is 10.6 Å². The number of carbonyl (C=O) groups is 1. The molecule has 0 saturated heterocycles. The fourth-order valence-electron chi connectivity index (χ4n) is 1.68. The van der Waals surface area contributed by atoms with Crippen molar-refractivity contribution in [3.63, 3.8) is 0 Å². The van der Waals surface area contributed by atoms with Crippen molar-refractivity contribution >= 4 is 29.2 Å².